The van der Waals surface area contributed by atoms with Crippen molar-refractivity contribution in [3.8, 4) is 5.69 Å². The van der Waals surface area contributed by atoms with Crippen LogP contribution in [0.5, 0.6) is 0 Å². The number of hydrogen-bond donors (Lipinski definition) is 0. The van der Waals surface area contributed by atoms with E-state index in [-0.39, 0.29) is 5.91 Å². The minimum atomic E-state index is -0.0846. The molecule has 0 N–H and O–H groups in total. The van der Waals surface area contributed by atoms with Gasteiger partial charge in [0, 0.05) is 18.7 Å². The van der Waals surface area contributed by atoms with E-state index in [0.29, 0.717) is 17.1 Å². The molecule has 0 saturated carbocycles. The summed E-state index contributed by atoms with van der Waals surface area (Å²) in [5.74, 6) is 0.641. The first-order valence-electron chi connectivity index (χ1n) is 7.86. The predicted octanol–water partition coefficient (Wildman–Crippen LogP) is 3.71. The molecule has 1 amide bonds. The summed E-state index contributed by atoms with van der Waals surface area (Å²) in [4.78, 5) is 14.2. The second-order valence-corrected chi connectivity index (χ2v) is 6.41. The van der Waals surface area contributed by atoms with Gasteiger partial charge in [-0.1, -0.05) is 16.8 Å². The Morgan fingerprint density at radius 1 is 1.24 bits per heavy atom. The zero-order chi connectivity index (χ0) is 18.1. The SMILES string of the molecule is Cc1cc(CN(C)C(=O)c2ccc(-n3nc(C)c(Cl)c3C)cc2)no1. The quantitative estimate of drug-likeness (QED) is 0.713. The molecule has 0 spiro atoms. The van der Waals surface area contributed by atoms with Crippen molar-refractivity contribution >= 4 is 17.5 Å². The lowest BCUT2D eigenvalue weighted by Gasteiger charge is -2.16. The molecule has 0 saturated heterocycles. The van der Waals surface area contributed by atoms with Crippen LogP contribution in [0, 0.1) is 20.8 Å². The Bertz CT molecular complexity index is 912. The number of rotatable bonds is 4. The molecule has 0 aliphatic rings. The van der Waals surface area contributed by atoms with Crippen LogP contribution >= 0.6 is 11.6 Å². The highest BCUT2D eigenvalue weighted by molar-refractivity contribution is 6.31. The van der Waals surface area contributed by atoms with Crippen LogP contribution in [0.1, 0.15) is 33.2 Å². The molecule has 0 radical (unpaired) electrons. The Morgan fingerprint density at radius 3 is 2.44 bits per heavy atom. The first-order chi connectivity index (χ1) is 11.9. The van der Waals surface area contributed by atoms with Gasteiger partial charge < -0.3 is 9.42 Å². The fraction of sp³-hybridized carbons (Fsp3) is 0.278. The van der Waals surface area contributed by atoms with E-state index in [1.807, 2.05) is 39.0 Å². The van der Waals surface area contributed by atoms with Crippen molar-refractivity contribution in [1.82, 2.24) is 19.8 Å². The van der Waals surface area contributed by atoms with E-state index in [2.05, 4.69) is 10.3 Å². The molecule has 3 aromatic rings. The van der Waals surface area contributed by atoms with Gasteiger partial charge in [-0.3, -0.25) is 4.79 Å². The predicted molar refractivity (Wildman–Crippen MR) is 95.1 cm³/mol. The summed E-state index contributed by atoms with van der Waals surface area (Å²) in [5.41, 5.74) is 3.83. The zero-order valence-electron chi connectivity index (χ0n) is 14.6. The van der Waals surface area contributed by atoms with Crippen LogP contribution in [0.15, 0.2) is 34.9 Å². The number of benzene rings is 1. The summed E-state index contributed by atoms with van der Waals surface area (Å²) in [7, 11) is 1.74. The summed E-state index contributed by atoms with van der Waals surface area (Å²) in [6, 6.07) is 9.10. The van der Waals surface area contributed by atoms with Gasteiger partial charge in [0.25, 0.3) is 5.91 Å². The molecule has 7 heteroatoms. The third-order valence-electron chi connectivity index (χ3n) is 3.98. The number of carbonyl (C=O) groups is 1. The summed E-state index contributed by atoms with van der Waals surface area (Å²) < 4.78 is 6.80. The van der Waals surface area contributed by atoms with E-state index in [0.717, 1.165) is 28.5 Å². The van der Waals surface area contributed by atoms with E-state index in [1.54, 1.807) is 28.8 Å². The molecule has 6 nitrogen and oxygen atoms in total. The lowest BCUT2D eigenvalue weighted by molar-refractivity contribution is 0.0782. The third-order valence-corrected chi connectivity index (χ3v) is 4.53. The van der Waals surface area contributed by atoms with Crippen molar-refractivity contribution in [2.45, 2.75) is 27.3 Å². The molecule has 0 unspecified atom stereocenters. The Labute approximate surface area is 151 Å². The molecule has 2 aromatic heterocycles. The third kappa shape index (κ3) is 3.44. The Morgan fingerprint density at radius 2 is 1.92 bits per heavy atom. The lowest BCUT2D eigenvalue weighted by atomic mass is 10.1. The standard InChI is InChI=1S/C18H19ClN4O2/c1-11-9-15(21-25-11)10-22(4)18(24)14-5-7-16(8-6-14)23-13(3)17(19)12(2)20-23/h5-9H,10H2,1-4H3. The number of nitrogens with zero attached hydrogens (tertiary/aromatic N) is 4. The number of carbonyl (C=O) groups excluding carboxylic acids is 1. The van der Waals surface area contributed by atoms with Crippen molar-refractivity contribution in [3.63, 3.8) is 0 Å². The van der Waals surface area contributed by atoms with Gasteiger partial charge in [0.05, 0.1) is 28.6 Å². The van der Waals surface area contributed by atoms with E-state index in [4.69, 9.17) is 16.1 Å². The number of aryl methyl sites for hydroxylation is 2. The average Bonchev–Trinajstić information content (AvgIpc) is 3.12. The maximum absolute atomic E-state index is 12.6. The number of halogens is 1. The topological polar surface area (TPSA) is 64.2 Å². The molecule has 0 atom stereocenters. The normalized spacial score (nSPS) is 10.9. The van der Waals surface area contributed by atoms with Crippen molar-refractivity contribution in [1.29, 1.82) is 0 Å². The van der Waals surface area contributed by atoms with Crippen LogP contribution in [-0.2, 0) is 6.54 Å². The second-order valence-electron chi connectivity index (χ2n) is 6.03. The van der Waals surface area contributed by atoms with Gasteiger partial charge in [-0.25, -0.2) is 4.68 Å². The van der Waals surface area contributed by atoms with Crippen molar-refractivity contribution in [3.05, 3.63) is 63.8 Å². The van der Waals surface area contributed by atoms with Crippen LogP contribution < -0.4 is 0 Å². The van der Waals surface area contributed by atoms with Gasteiger partial charge in [-0.15, -0.1) is 0 Å². The minimum Gasteiger partial charge on any atom is -0.361 e. The van der Waals surface area contributed by atoms with Gasteiger partial charge in [-0.05, 0) is 45.0 Å². The molecule has 0 aliphatic carbocycles. The van der Waals surface area contributed by atoms with Crippen molar-refractivity contribution in [2.75, 3.05) is 7.05 Å². The maximum Gasteiger partial charge on any atom is 0.253 e. The first-order valence-corrected chi connectivity index (χ1v) is 8.24. The summed E-state index contributed by atoms with van der Waals surface area (Å²) in [5, 5.41) is 8.99. The summed E-state index contributed by atoms with van der Waals surface area (Å²) in [6.07, 6.45) is 0. The Balaban J connectivity index is 1.77. The number of hydrogen-bond acceptors (Lipinski definition) is 4. The molecule has 0 aliphatic heterocycles. The summed E-state index contributed by atoms with van der Waals surface area (Å²) in [6.45, 7) is 5.99. The molecule has 3 rings (SSSR count). The fourth-order valence-corrected chi connectivity index (χ4v) is 2.77. The van der Waals surface area contributed by atoms with Crippen LogP contribution in [0.4, 0.5) is 0 Å². The van der Waals surface area contributed by atoms with Crippen molar-refractivity contribution < 1.29 is 9.32 Å². The van der Waals surface area contributed by atoms with Gasteiger partial charge in [0.1, 0.15) is 11.5 Å². The molecule has 25 heavy (non-hydrogen) atoms. The Hall–Kier alpha value is -2.60. The van der Waals surface area contributed by atoms with E-state index < -0.39 is 0 Å². The van der Waals surface area contributed by atoms with E-state index >= 15 is 0 Å². The highest BCUT2D eigenvalue weighted by Crippen LogP contribution is 2.22. The van der Waals surface area contributed by atoms with Crippen LogP contribution in [0.2, 0.25) is 5.02 Å². The fourth-order valence-electron chi connectivity index (χ4n) is 2.65. The average molecular weight is 359 g/mol. The molecule has 0 fully saturated rings. The first kappa shape index (κ1) is 17.2. The number of amides is 1. The van der Waals surface area contributed by atoms with E-state index in [1.165, 1.54) is 0 Å². The largest absolute Gasteiger partial charge is 0.361 e. The highest BCUT2D eigenvalue weighted by Gasteiger charge is 2.15. The van der Waals surface area contributed by atoms with Gasteiger partial charge in [0.2, 0.25) is 0 Å². The molecule has 0 bridgehead atoms. The molecular weight excluding hydrogens is 340 g/mol. The van der Waals surface area contributed by atoms with Gasteiger partial charge >= 0.3 is 0 Å². The highest BCUT2D eigenvalue weighted by atomic mass is 35.5. The minimum absolute atomic E-state index is 0.0846. The molecule has 1 aromatic carbocycles. The molecular formula is C18H19ClN4O2. The van der Waals surface area contributed by atoms with Gasteiger partial charge in [-0.2, -0.15) is 5.10 Å². The van der Waals surface area contributed by atoms with Crippen LogP contribution in [0.3, 0.4) is 0 Å². The zero-order valence-corrected chi connectivity index (χ0v) is 15.3. The number of aromatic nitrogens is 3. The second kappa shape index (κ2) is 6.72. The Kier molecular flexibility index (Phi) is 4.63. The van der Waals surface area contributed by atoms with Crippen molar-refractivity contribution in [2.24, 2.45) is 0 Å². The smallest absolute Gasteiger partial charge is 0.253 e. The maximum atomic E-state index is 12.6. The van der Waals surface area contributed by atoms with Gasteiger partial charge in [0.15, 0.2) is 0 Å². The lowest BCUT2D eigenvalue weighted by Crippen LogP contribution is -2.26. The molecule has 2 heterocycles. The summed E-state index contributed by atoms with van der Waals surface area (Å²) >= 11 is 6.19. The van der Waals surface area contributed by atoms with Crippen LogP contribution in [0.25, 0.3) is 5.69 Å². The molecule has 130 valence electrons. The monoisotopic (exact) mass is 358 g/mol. The van der Waals surface area contributed by atoms with Crippen LogP contribution in [-0.4, -0.2) is 32.8 Å². The van der Waals surface area contributed by atoms with E-state index in [9.17, 15) is 4.79 Å².